The van der Waals surface area contributed by atoms with Gasteiger partial charge >= 0.3 is 5.97 Å². The summed E-state index contributed by atoms with van der Waals surface area (Å²) in [7, 11) is 2.70. The first-order chi connectivity index (χ1) is 11.0. The molecular weight excluding hydrogens is 302 g/mol. The van der Waals surface area contributed by atoms with Gasteiger partial charge in [-0.2, -0.15) is 0 Å². The third kappa shape index (κ3) is 3.49. The van der Waals surface area contributed by atoms with Crippen molar-refractivity contribution in [2.45, 2.75) is 0 Å². The van der Waals surface area contributed by atoms with E-state index in [1.165, 1.54) is 26.4 Å². The molecule has 0 heterocycles. The molecule has 0 amide bonds. The normalized spacial score (nSPS) is 10.0. The number of ether oxygens (including phenoxy) is 2. The van der Waals surface area contributed by atoms with E-state index in [2.05, 4.69) is 10.1 Å². The summed E-state index contributed by atoms with van der Waals surface area (Å²) in [5, 5.41) is 14.1. The van der Waals surface area contributed by atoms with E-state index in [1.54, 1.807) is 18.2 Å². The second-order valence-corrected chi connectivity index (χ2v) is 4.56. The quantitative estimate of drug-likeness (QED) is 0.377. The van der Waals surface area contributed by atoms with Gasteiger partial charge in [0.15, 0.2) is 0 Å². The number of nitro groups is 1. The van der Waals surface area contributed by atoms with Crippen molar-refractivity contribution >= 4 is 28.7 Å². The average molecular weight is 317 g/mol. The van der Waals surface area contributed by atoms with Crippen LogP contribution >= 0.6 is 0 Å². The molecule has 0 fully saturated rings. The Balaban J connectivity index is 2.37. The van der Waals surface area contributed by atoms with Crippen molar-refractivity contribution in [2.24, 2.45) is 0 Å². The first-order valence-corrected chi connectivity index (χ1v) is 6.53. The van der Waals surface area contributed by atoms with Crippen LogP contribution in [0.2, 0.25) is 0 Å². The molecular formula is C15H15N3O5. The van der Waals surface area contributed by atoms with Gasteiger partial charge in [-0.1, -0.05) is 0 Å². The molecule has 2 aromatic rings. The fourth-order valence-corrected chi connectivity index (χ4v) is 2.00. The number of benzene rings is 2. The Kier molecular flexibility index (Phi) is 4.65. The number of nitrogens with one attached hydrogen (secondary N) is 1. The molecule has 8 heteroatoms. The molecule has 3 N–H and O–H groups in total. The van der Waals surface area contributed by atoms with Crippen LogP contribution in [-0.2, 0) is 4.74 Å². The van der Waals surface area contributed by atoms with Crippen LogP contribution in [-0.4, -0.2) is 25.1 Å². The van der Waals surface area contributed by atoms with Crippen LogP contribution in [0.4, 0.5) is 22.7 Å². The van der Waals surface area contributed by atoms with Gasteiger partial charge in [0.25, 0.3) is 5.69 Å². The lowest BCUT2D eigenvalue weighted by molar-refractivity contribution is -0.383. The molecule has 0 bridgehead atoms. The zero-order valence-electron chi connectivity index (χ0n) is 12.5. The maximum Gasteiger partial charge on any atom is 0.338 e. The molecule has 8 nitrogen and oxygen atoms in total. The maximum atomic E-state index is 11.5. The smallest absolute Gasteiger partial charge is 0.338 e. The molecule has 0 aromatic heterocycles. The first kappa shape index (κ1) is 16.1. The Hall–Kier alpha value is -3.29. The van der Waals surface area contributed by atoms with E-state index in [-0.39, 0.29) is 16.9 Å². The Morgan fingerprint density at radius 2 is 1.96 bits per heavy atom. The number of esters is 1. The molecule has 0 saturated carbocycles. The monoisotopic (exact) mass is 317 g/mol. The van der Waals surface area contributed by atoms with Crippen molar-refractivity contribution in [1.29, 1.82) is 0 Å². The van der Waals surface area contributed by atoms with Gasteiger partial charge in [-0.15, -0.1) is 0 Å². The minimum Gasteiger partial charge on any atom is -0.495 e. The van der Waals surface area contributed by atoms with E-state index >= 15 is 0 Å². The van der Waals surface area contributed by atoms with Crippen molar-refractivity contribution in [2.75, 3.05) is 25.3 Å². The first-order valence-electron chi connectivity index (χ1n) is 6.53. The minimum atomic E-state index is -0.645. The number of nitrogens with two attached hydrogens (primary N) is 1. The van der Waals surface area contributed by atoms with E-state index in [0.29, 0.717) is 17.1 Å². The third-order valence-corrected chi connectivity index (χ3v) is 3.12. The molecule has 0 aliphatic heterocycles. The highest BCUT2D eigenvalue weighted by Crippen LogP contribution is 2.31. The van der Waals surface area contributed by atoms with Crippen molar-refractivity contribution in [3.05, 3.63) is 52.1 Å². The number of nitrogen functional groups attached to an aromatic ring is 1. The lowest BCUT2D eigenvalue weighted by Gasteiger charge is -2.10. The van der Waals surface area contributed by atoms with Gasteiger partial charge < -0.3 is 20.5 Å². The zero-order chi connectivity index (χ0) is 17.0. The van der Waals surface area contributed by atoms with E-state index < -0.39 is 10.9 Å². The highest BCUT2D eigenvalue weighted by molar-refractivity contribution is 5.91. The number of rotatable bonds is 5. The fraction of sp³-hybridized carbons (Fsp3) is 0.133. The van der Waals surface area contributed by atoms with Crippen LogP contribution in [0.15, 0.2) is 36.4 Å². The number of hydrogen-bond acceptors (Lipinski definition) is 7. The zero-order valence-corrected chi connectivity index (χ0v) is 12.5. The molecule has 23 heavy (non-hydrogen) atoms. The Morgan fingerprint density at radius 1 is 1.22 bits per heavy atom. The SMILES string of the molecule is COC(=O)c1ccc(Nc2ccc(OC)c(N)c2)c([N+](=O)[O-])c1. The summed E-state index contributed by atoms with van der Waals surface area (Å²) in [6.07, 6.45) is 0. The molecule has 0 atom stereocenters. The molecule has 0 saturated heterocycles. The van der Waals surface area contributed by atoms with Crippen LogP contribution in [0.5, 0.6) is 5.75 Å². The van der Waals surface area contributed by atoms with Crippen LogP contribution in [0.1, 0.15) is 10.4 Å². The van der Waals surface area contributed by atoms with E-state index in [9.17, 15) is 14.9 Å². The number of anilines is 3. The fourth-order valence-electron chi connectivity index (χ4n) is 2.00. The van der Waals surface area contributed by atoms with Crippen LogP contribution < -0.4 is 15.8 Å². The average Bonchev–Trinajstić information content (AvgIpc) is 2.54. The second-order valence-electron chi connectivity index (χ2n) is 4.56. The van der Waals surface area contributed by atoms with Crippen molar-refractivity contribution < 1.29 is 19.2 Å². The third-order valence-electron chi connectivity index (χ3n) is 3.12. The standard InChI is InChI=1S/C15H15N3O5/c1-22-14-6-4-10(8-11(14)16)17-12-5-3-9(15(19)23-2)7-13(12)18(20)21/h3-8,17H,16H2,1-2H3. The lowest BCUT2D eigenvalue weighted by atomic mass is 10.1. The summed E-state index contributed by atoms with van der Waals surface area (Å²) >= 11 is 0. The van der Waals surface area contributed by atoms with Crippen LogP contribution in [0.25, 0.3) is 0 Å². The predicted molar refractivity (Wildman–Crippen MR) is 85.1 cm³/mol. The summed E-state index contributed by atoms with van der Waals surface area (Å²) < 4.78 is 9.61. The van der Waals surface area contributed by atoms with Crippen LogP contribution in [0, 0.1) is 10.1 Å². The van der Waals surface area contributed by atoms with Crippen molar-refractivity contribution in [3.63, 3.8) is 0 Å². The van der Waals surface area contributed by atoms with Gasteiger partial charge in [0.2, 0.25) is 0 Å². The topological polar surface area (TPSA) is 117 Å². The predicted octanol–water partition coefficient (Wildman–Crippen LogP) is 2.72. The van der Waals surface area contributed by atoms with Crippen LogP contribution in [0.3, 0.4) is 0 Å². The van der Waals surface area contributed by atoms with Gasteiger partial charge in [0, 0.05) is 11.8 Å². The number of hydrogen-bond donors (Lipinski definition) is 2. The minimum absolute atomic E-state index is 0.0963. The summed E-state index contributed by atoms with van der Waals surface area (Å²) in [5.74, 6) is -0.139. The van der Waals surface area contributed by atoms with Gasteiger partial charge in [-0.3, -0.25) is 10.1 Å². The second kappa shape index (κ2) is 6.65. The maximum absolute atomic E-state index is 11.5. The number of nitrogens with zero attached hydrogens (tertiary/aromatic N) is 1. The summed E-state index contributed by atoms with van der Waals surface area (Å²) in [6.45, 7) is 0. The molecule has 120 valence electrons. The lowest BCUT2D eigenvalue weighted by Crippen LogP contribution is -2.04. The highest BCUT2D eigenvalue weighted by atomic mass is 16.6. The summed E-state index contributed by atoms with van der Waals surface area (Å²) in [5.41, 5.74) is 6.83. The number of nitro benzene ring substituents is 1. The largest absolute Gasteiger partial charge is 0.495 e. The molecule has 0 aliphatic rings. The molecule has 0 unspecified atom stereocenters. The van der Waals surface area contributed by atoms with Gasteiger partial charge in [-0.05, 0) is 30.3 Å². The molecule has 0 spiro atoms. The van der Waals surface area contributed by atoms with Gasteiger partial charge in [-0.25, -0.2) is 4.79 Å². The highest BCUT2D eigenvalue weighted by Gasteiger charge is 2.18. The van der Waals surface area contributed by atoms with Gasteiger partial charge in [0.1, 0.15) is 11.4 Å². The van der Waals surface area contributed by atoms with E-state index in [1.807, 2.05) is 0 Å². The summed E-state index contributed by atoms with van der Waals surface area (Å²) in [6, 6.07) is 8.94. The van der Waals surface area contributed by atoms with Crippen molar-refractivity contribution in [3.8, 4) is 5.75 Å². The van der Waals surface area contributed by atoms with E-state index in [0.717, 1.165) is 6.07 Å². The Morgan fingerprint density at radius 3 is 2.52 bits per heavy atom. The molecule has 2 rings (SSSR count). The molecule has 0 aliphatic carbocycles. The van der Waals surface area contributed by atoms with Crippen molar-refractivity contribution in [1.82, 2.24) is 0 Å². The van der Waals surface area contributed by atoms with E-state index in [4.69, 9.17) is 10.5 Å². The summed E-state index contributed by atoms with van der Waals surface area (Å²) in [4.78, 5) is 22.1. The number of methoxy groups -OCH3 is 2. The van der Waals surface area contributed by atoms with Gasteiger partial charge in [0.05, 0.1) is 30.4 Å². The Bertz CT molecular complexity index is 761. The number of carbonyl (C=O) groups excluding carboxylic acids is 1. The Labute approximate surface area is 132 Å². The molecule has 0 radical (unpaired) electrons. The molecule has 2 aromatic carbocycles. The number of carbonyl (C=O) groups is 1.